The summed E-state index contributed by atoms with van der Waals surface area (Å²) in [5, 5.41) is 26.0. The SMILES string of the molecule is CC(O)N(CO)C(C)O. The predicted octanol–water partition coefficient (Wildman–Crippen LogP) is -1.09. The highest BCUT2D eigenvalue weighted by molar-refractivity contribution is 4.51. The molecule has 0 aliphatic heterocycles. The molecule has 0 aromatic rings. The molecular weight excluding hydrogens is 122 g/mol. The molecule has 0 saturated heterocycles. The average molecular weight is 135 g/mol. The van der Waals surface area contributed by atoms with Crippen molar-refractivity contribution in [1.29, 1.82) is 0 Å². The second-order valence-corrected chi connectivity index (χ2v) is 1.92. The van der Waals surface area contributed by atoms with E-state index in [9.17, 15) is 0 Å². The Kier molecular flexibility index (Phi) is 3.72. The fraction of sp³-hybridized carbons (Fsp3) is 1.00. The van der Waals surface area contributed by atoms with Gasteiger partial charge >= 0.3 is 0 Å². The summed E-state index contributed by atoms with van der Waals surface area (Å²) in [4.78, 5) is 1.13. The van der Waals surface area contributed by atoms with Crippen LogP contribution in [0.4, 0.5) is 0 Å². The molecule has 0 fully saturated rings. The van der Waals surface area contributed by atoms with E-state index < -0.39 is 12.5 Å². The zero-order chi connectivity index (χ0) is 7.44. The Labute approximate surface area is 54.3 Å². The van der Waals surface area contributed by atoms with Gasteiger partial charge in [-0.15, -0.1) is 0 Å². The molecule has 0 aliphatic carbocycles. The van der Waals surface area contributed by atoms with Crippen molar-refractivity contribution < 1.29 is 15.3 Å². The maximum atomic E-state index is 8.79. The van der Waals surface area contributed by atoms with Crippen LogP contribution in [0.5, 0.6) is 0 Å². The van der Waals surface area contributed by atoms with Gasteiger partial charge in [0.25, 0.3) is 0 Å². The zero-order valence-electron chi connectivity index (χ0n) is 5.65. The van der Waals surface area contributed by atoms with Crippen LogP contribution in [0.2, 0.25) is 0 Å². The minimum absolute atomic E-state index is 0.338. The summed E-state index contributed by atoms with van der Waals surface area (Å²) in [7, 11) is 0. The van der Waals surface area contributed by atoms with E-state index in [1.807, 2.05) is 0 Å². The summed E-state index contributed by atoms with van der Waals surface area (Å²) in [6.45, 7) is 2.61. The Balaban J connectivity index is 3.68. The summed E-state index contributed by atoms with van der Waals surface area (Å²) in [6, 6.07) is 0. The molecule has 2 unspecified atom stereocenters. The third-order valence-electron chi connectivity index (χ3n) is 1.12. The number of aliphatic hydroxyl groups is 3. The lowest BCUT2D eigenvalue weighted by Gasteiger charge is -2.24. The fourth-order valence-electron chi connectivity index (χ4n) is 0.549. The molecule has 2 atom stereocenters. The molecule has 4 heteroatoms. The van der Waals surface area contributed by atoms with Crippen LogP contribution in [0.1, 0.15) is 13.8 Å². The predicted molar refractivity (Wildman–Crippen MR) is 32.3 cm³/mol. The first kappa shape index (κ1) is 8.84. The van der Waals surface area contributed by atoms with Gasteiger partial charge in [0.1, 0.15) is 12.5 Å². The van der Waals surface area contributed by atoms with Gasteiger partial charge < -0.3 is 15.3 Å². The Hall–Kier alpha value is -0.160. The normalized spacial score (nSPS) is 18.0. The highest BCUT2D eigenvalue weighted by atomic mass is 16.3. The standard InChI is InChI=1S/C5H13NO3/c1-4(8)6(3-7)5(2)9/h4-5,7-9H,3H2,1-2H3. The van der Waals surface area contributed by atoms with Crippen molar-refractivity contribution in [3.8, 4) is 0 Å². The van der Waals surface area contributed by atoms with E-state index in [-0.39, 0.29) is 6.73 Å². The van der Waals surface area contributed by atoms with Gasteiger partial charge in [0.15, 0.2) is 0 Å². The van der Waals surface area contributed by atoms with E-state index in [0.29, 0.717) is 0 Å². The number of rotatable bonds is 3. The first-order chi connectivity index (χ1) is 4.09. The van der Waals surface area contributed by atoms with E-state index in [0.717, 1.165) is 4.90 Å². The highest BCUT2D eigenvalue weighted by Gasteiger charge is 2.13. The van der Waals surface area contributed by atoms with E-state index in [2.05, 4.69) is 0 Å². The van der Waals surface area contributed by atoms with Gasteiger partial charge in [-0.25, -0.2) is 4.90 Å². The van der Waals surface area contributed by atoms with Gasteiger partial charge in [-0.2, -0.15) is 0 Å². The van der Waals surface area contributed by atoms with Gasteiger partial charge in [-0.3, -0.25) is 0 Å². The van der Waals surface area contributed by atoms with Crippen molar-refractivity contribution in [3.05, 3.63) is 0 Å². The highest BCUT2D eigenvalue weighted by Crippen LogP contribution is 1.97. The Morgan fingerprint density at radius 1 is 1.22 bits per heavy atom. The molecular formula is C5H13NO3. The molecule has 0 aromatic heterocycles. The topological polar surface area (TPSA) is 63.9 Å². The van der Waals surface area contributed by atoms with Gasteiger partial charge in [-0.05, 0) is 13.8 Å². The first-order valence-corrected chi connectivity index (χ1v) is 2.82. The molecule has 0 amide bonds. The van der Waals surface area contributed by atoms with Crippen molar-refractivity contribution in [3.63, 3.8) is 0 Å². The van der Waals surface area contributed by atoms with Crippen LogP contribution >= 0.6 is 0 Å². The molecule has 9 heavy (non-hydrogen) atoms. The molecule has 0 spiro atoms. The number of aliphatic hydroxyl groups excluding tert-OH is 3. The van der Waals surface area contributed by atoms with Crippen LogP contribution in [0.15, 0.2) is 0 Å². The lowest BCUT2D eigenvalue weighted by molar-refractivity contribution is -0.121. The lowest BCUT2D eigenvalue weighted by Crippen LogP contribution is -2.40. The van der Waals surface area contributed by atoms with E-state index in [1.165, 1.54) is 13.8 Å². The van der Waals surface area contributed by atoms with Gasteiger partial charge in [-0.1, -0.05) is 0 Å². The summed E-state index contributed by atoms with van der Waals surface area (Å²) >= 11 is 0. The summed E-state index contributed by atoms with van der Waals surface area (Å²) in [6.07, 6.45) is -1.62. The van der Waals surface area contributed by atoms with Gasteiger partial charge in [0, 0.05) is 0 Å². The largest absolute Gasteiger partial charge is 0.381 e. The number of hydrogen-bond donors (Lipinski definition) is 3. The van der Waals surface area contributed by atoms with Crippen molar-refractivity contribution in [2.24, 2.45) is 0 Å². The molecule has 0 heterocycles. The van der Waals surface area contributed by atoms with Crippen molar-refractivity contribution >= 4 is 0 Å². The summed E-state index contributed by atoms with van der Waals surface area (Å²) in [5.41, 5.74) is 0. The zero-order valence-corrected chi connectivity index (χ0v) is 5.65. The fourth-order valence-corrected chi connectivity index (χ4v) is 0.549. The van der Waals surface area contributed by atoms with E-state index in [4.69, 9.17) is 15.3 Å². The molecule has 0 aliphatic rings. The van der Waals surface area contributed by atoms with Crippen molar-refractivity contribution in [1.82, 2.24) is 4.90 Å². The van der Waals surface area contributed by atoms with Crippen LogP contribution < -0.4 is 0 Å². The molecule has 0 radical (unpaired) electrons. The quantitative estimate of drug-likeness (QED) is 0.430. The van der Waals surface area contributed by atoms with Crippen LogP contribution in [-0.4, -0.2) is 39.4 Å². The first-order valence-electron chi connectivity index (χ1n) is 2.82. The van der Waals surface area contributed by atoms with Gasteiger partial charge in [0.2, 0.25) is 0 Å². The van der Waals surface area contributed by atoms with E-state index in [1.54, 1.807) is 0 Å². The number of nitrogens with zero attached hydrogens (tertiary/aromatic N) is 1. The molecule has 0 rings (SSSR count). The summed E-state index contributed by atoms with van der Waals surface area (Å²) < 4.78 is 0. The maximum Gasteiger partial charge on any atom is 0.108 e. The molecule has 0 aromatic carbocycles. The second kappa shape index (κ2) is 3.79. The molecule has 0 saturated carbocycles. The third-order valence-corrected chi connectivity index (χ3v) is 1.12. The van der Waals surface area contributed by atoms with Crippen molar-refractivity contribution in [2.45, 2.75) is 26.3 Å². The molecule has 0 bridgehead atoms. The third kappa shape index (κ3) is 2.76. The molecule has 4 nitrogen and oxygen atoms in total. The molecule has 3 N–H and O–H groups in total. The Morgan fingerprint density at radius 2 is 1.56 bits per heavy atom. The van der Waals surface area contributed by atoms with Gasteiger partial charge in [0.05, 0.1) is 6.73 Å². The van der Waals surface area contributed by atoms with Crippen LogP contribution in [0.25, 0.3) is 0 Å². The minimum atomic E-state index is -0.810. The van der Waals surface area contributed by atoms with Crippen LogP contribution in [0.3, 0.4) is 0 Å². The average Bonchev–Trinajstić information content (AvgIpc) is 1.64. The summed E-state index contributed by atoms with van der Waals surface area (Å²) in [5.74, 6) is 0. The van der Waals surface area contributed by atoms with Crippen LogP contribution in [-0.2, 0) is 0 Å². The van der Waals surface area contributed by atoms with E-state index >= 15 is 0 Å². The van der Waals surface area contributed by atoms with Crippen LogP contribution in [0, 0.1) is 0 Å². The minimum Gasteiger partial charge on any atom is -0.381 e. The van der Waals surface area contributed by atoms with Crippen molar-refractivity contribution in [2.75, 3.05) is 6.73 Å². The Morgan fingerprint density at radius 3 is 1.56 bits per heavy atom. The molecule has 56 valence electrons. The smallest absolute Gasteiger partial charge is 0.108 e. The number of hydrogen-bond acceptors (Lipinski definition) is 4. The lowest BCUT2D eigenvalue weighted by atomic mass is 10.5. The maximum absolute atomic E-state index is 8.79. The second-order valence-electron chi connectivity index (χ2n) is 1.92. The monoisotopic (exact) mass is 135 g/mol. The Bertz CT molecular complexity index is 66.6.